The van der Waals surface area contributed by atoms with Crippen LogP contribution in [-0.4, -0.2) is 24.8 Å². The van der Waals surface area contributed by atoms with Crippen molar-refractivity contribution in [3.63, 3.8) is 0 Å². The summed E-state index contributed by atoms with van der Waals surface area (Å²) in [6.07, 6.45) is 3.18. The zero-order valence-corrected chi connectivity index (χ0v) is 12.5. The average molecular weight is 272 g/mol. The maximum atomic E-state index is 5.03. The van der Waals surface area contributed by atoms with E-state index in [1.807, 2.05) is 0 Å². The van der Waals surface area contributed by atoms with E-state index < -0.39 is 0 Å². The Labute approximate surface area is 121 Å². The van der Waals surface area contributed by atoms with Crippen molar-refractivity contribution in [3.8, 4) is 0 Å². The minimum absolute atomic E-state index is 0.748. The molecule has 0 bridgehead atoms. The molecule has 0 fully saturated rings. The zero-order valence-electron chi connectivity index (χ0n) is 12.5. The minimum Gasteiger partial charge on any atom is -0.383 e. The van der Waals surface area contributed by atoms with Crippen LogP contribution in [0.3, 0.4) is 0 Å². The molecule has 0 atom stereocenters. The van der Waals surface area contributed by atoms with Gasteiger partial charge < -0.3 is 14.6 Å². The summed E-state index contributed by atoms with van der Waals surface area (Å²) in [5, 5.41) is 4.66. The molecule has 20 heavy (non-hydrogen) atoms. The average Bonchev–Trinajstić information content (AvgIpc) is 2.86. The third-order valence-corrected chi connectivity index (χ3v) is 3.54. The number of benzene rings is 1. The highest BCUT2D eigenvalue weighted by molar-refractivity contribution is 5.81. The largest absolute Gasteiger partial charge is 0.383 e. The van der Waals surface area contributed by atoms with E-state index in [2.05, 4.69) is 53.8 Å². The summed E-state index contributed by atoms with van der Waals surface area (Å²) in [7, 11) is 1.72. The molecular formula is C17H24N2O. The molecular weight excluding hydrogens is 248 g/mol. The first kappa shape index (κ1) is 14.8. The van der Waals surface area contributed by atoms with Gasteiger partial charge in [0.05, 0.1) is 6.61 Å². The van der Waals surface area contributed by atoms with Gasteiger partial charge in [0.25, 0.3) is 0 Å². The van der Waals surface area contributed by atoms with Gasteiger partial charge in [-0.1, -0.05) is 25.1 Å². The van der Waals surface area contributed by atoms with E-state index in [0.29, 0.717) is 0 Å². The van der Waals surface area contributed by atoms with E-state index in [1.165, 1.54) is 22.0 Å². The number of allylic oxidation sites excluding steroid dienone is 1. The van der Waals surface area contributed by atoms with Crippen molar-refractivity contribution in [2.45, 2.75) is 26.4 Å². The van der Waals surface area contributed by atoms with Crippen molar-refractivity contribution in [3.05, 3.63) is 48.2 Å². The number of hydrogen-bond acceptors (Lipinski definition) is 2. The Bertz CT molecular complexity index is 571. The fraction of sp³-hybridized carbons (Fsp3) is 0.412. The van der Waals surface area contributed by atoms with Crippen LogP contribution in [0.1, 0.15) is 18.9 Å². The van der Waals surface area contributed by atoms with Crippen LogP contribution in [0.15, 0.2) is 42.6 Å². The first-order valence-electron chi connectivity index (χ1n) is 7.18. The van der Waals surface area contributed by atoms with E-state index >= 15 is 0 Å². The Hall–Kier alpha value is -1.58. The summed E-state index contributed by atoms with van der Waals surface area (Å²) in [6.45, 7) is 9.66. The van der Waals surface area contributed by atoms with Gasteiger partial charge in [0.15, 0.2) is 0 Å². The highest BCUT2D eigenvalue weighted by atomic mass is 16.5. The molecule has 0 saturated heterocycles. The number of nitrogens with one attached hydrogen (secondary N) is 1. The van der Waals surface area contributed by atoms with Crippen molar-refractivity contribution >= 4 is 10.9 Å². The van der Waals surface area contributed by atoms with Crippen LogP contribution in [0.5, 0.6) is 0 Å². The van der Waals surface area contributed by atoms with E-state index in [4.69, 9.17) is 4.74 Å². The SMILES string of the molecule is C=C(CC)Cn1ccc2cc(CNCCOC)ccc21. The highest BCUT2D eigenvalue weighted by Gasteiger charge is 2.03. The maximum Gasteiger partial charge on any atom is 0.0587 e. The summed E-state index contributed by atoms with van der Waals surface area (Å²) in [5.41, 5.74) is 3.84. The number of ether oxygens (including phenoxy) is 1. The lowest BCUT2D eigenvalue weighted by Crippen LogP contribution is -2.18. The summed E-state index contributed by atoms with van der Waals surface area (Å²) in [4.78, 5) is 0. The van der Waals surface area contributed by atoms with Crippen LogP contribution in [-0.2, 0) is 17.8 Å². The molecule has 108 valence electrons. The van der Waals surface area contributed by atoms with Crippen LogP contribution in [0.25, 0.3) is 10.9 Å². The molecule has 0 amide bonds. The molecule has 2 rings (SSSR count). The van der Waals surface area contributed by atoms with Gasteiger partial charge in [-0.25, -0.2) is 0 Å². The highest BCUT2D eigenvalue weighted by Crippen LogP contribution is 2.19. The second-order valence-electron chi connectivity index (χ2n) is 5.11. The normalized spacial score (nSPS) is 11.1. The molecule has 1 aromatic heterocycles. The van der Waals surface area contributed by atoms with Crippen LogP contribution in [0, 0.1) is 0 Å². The molecule has 0 aliphatic rings. The molecule has 0 saturated carbocycles. The molecule has 2 aromatic rings. The Kier molecular flexibility index (Phi) is 5.39. The van der Waals surface area contributed by atoms with Crippen molar-refractivity contribution in [1.82, 2.24) is 9.88 Å². The molecule has 3 heteroatoms. The van der Waals surface area contributed by atoms with Crippen molar-refractivity contribution < 1.29 is 4.74 Å². The monoisotopic (exact) mass is 272 g/mol. The topological polar surface area (TPSA) is 26.2 Å². The van der Waals surface area contributed by atoms with Gasteiger partial charge in [-0.3, -0.25) is 0 Å². The quantitative estimate of drug-likeness (QED) is 0.589. The fourth-order valence-corrected chi connectivity index (χ4v) is 2.26. The van der Waals surface area contributed by atoms with E-state index in [9.17, 15) is 0 Å². The van der Waals surface area contributed by atoms with Crippen molar-refractivity contribution in [1.29, 1.82) is 0 Å². The summed E-state index contributed by atoms with van der Waals surface area (Å²) >= 11 is 0. The molecule has 0 aliphatic heterocycles. The van der Waals surface area contributed by atoms with Gasteiger partial charge in [0.1, 0.15) is 0 Å². The van der Waals surface area contributed by atoms with Gasteiger partial charge in [0, 0.05) is 38.5 Å². The van der Waals surface area contributed by atoms with Crippen LogP contribution >= 0.6 is 0 Å². The number of hydrogen-bond donors (Lipinski definition) is 1. The predicted octanol–water partition coefficient (Wildman–Crippen LogP) is 3.34. The fourth-order valence-electron chi connectivity index (χ4n) is 2.26. The third-order valence-electron chi connectivity index (χ3n) is 3.54. The smallest absolute Gasteiger partial charge is 0.0587 e. The lowest BCUT2D eigenvalue weighted by atomic mass is 10.1. The van der Waals surface area contributed by atoms with E-state index in [-0.39, 0.29) is 0 Å². The molecule has 3 nitrogen and oxygen atoms in total. The summed E-state index contributed by atoms with van der Waals surface area (Å²) < 4.78 is 7.29. The molecule has 1 heterocycles. The number of aromatic nitrogens is 1. The molecule has 1 N–H and O–H groups in total. The maximum absolute atomic E-state index is 5.03. The molecule has 0 spiro atoms. The van der Waals surface area contributed by atoms with Crippen molar-refractivity contribution in [2.24, 2.45) is 0 Å². The lowest BCUT2D eigenvalue weighted by molar-refractivity contribution is 0.199. The predicted molar refractivity (Wildman–Crippen MR) is 85.0 cm³/mol. The van der Waals surface area contributed by atoms with Gasteiger partial charge >= 0.3 is 0 Å². The zero-order chi connectivity index (χ0) is 14.4. The van der Waals surface area contributed by atoms with Gasteiger partial charge in [-0.15, -0.1) is 0 Å². The Morgan fingerprint density at radius 3 is 2.95 bits per heavy atom. The number of methoxy groups -OCH3 is 1. The van der Waals surface area contributed by atoms with Crippen LogP contribution in [0.4, 0.5) is 0 Å². The van der Waals surface area contributed by atoms with Gasteiger partial charge in [0.2, 0.25) is 0 Å². The summed E-state index contributed by atoms with van der Waals surface area (Å²) in [5.74, 6) is 0. The van der Waals surface area contributed by atoms with Crippen LogP contribution < -0.4 is 5.32 Å². The standard InChI is InChI=1S/C17H24N2O/c1-4-14(2)13-19-9-7-16-11-15(5-6-17(16)19)12-18-8-10-20-3/h5-7,9,11,18H,2,4,8,10,12-13H2,1,3H3. The van der Waals surface area contributed by atoms with Gasteiger partial charge in [-0.2, -0.15) is 0 Å². The Balaban J connectivity index is 2.05. The first-order chi connectivity index (χ1) is 9.74. The van der Waals surface area contributed by atoms with Crippen LogP contribution in [0.2, 0.25) is 0 Å². The summed E-state index contributed by atoms with van der Waals surface area (Å²) in [6, 6.07) is 8.82. The van der Waals surface area contributed by atoms with Crippen molar-refractivity contribution in [2.75, 3.05) is 20.3 Å². The molecule has 0 unspecified atom stereocenters. The Morgan fingerprint density at radius 1 is 1.35 bits per heavy atom. The molecule has 0 radical (unpaired) electrons. The molecule has 1 aromatic carbocycles. The first-order valence-corrected chi connectivity index (χ1v) is 7.18. The minimum atomic E-state index is 0.748. The molecule has 0 aliphatic carbocycles. The third kappa shape index (κ3) is 3.71. The Morgan fingerprint density at radius 2 is 2.20 bits per heavy atom. The number of fused-ring (bicyclic) bond motifs is 1. The van der Waals surface area contributed by atoms with E-state index in [1.54, 1.807) is 7.11 Å². The van der Waals surface area contributed by atoms with Gasteiger partial charge in [-0.05, 0) is 35.6 Å². The second kappa shape index (κ2) is 7.27. The second-order valence-corrected chi connectivity index (χ2v) is 5.11. The number of nitrogens with zero attached hydrogens (tertiary/aromatic N) is 1. The number of rotatable bonds is 8. The van der Waals surface area contributed by atoms with E-state index in [0.717, 1.165) is 32.7 Å². The lowest BCUT2D eigenvalue weighted by Gasteiger charge is -2.08.